The lowest BCUT2D eigenvalue weighted by atomic mass is 10.1. The lowest BCUT2D eigenvalue weighted by Gasteiger charge is -2.09. The van der Waals surface area contributed by atoms with Gasteiger partial charge in [-0.25, -0.2) is 4.98 Å². The molecule has 8 nitrogen and oxygen atoms in total. The van der Waals surface area contributed by atoms with Crippen LogP contribution < -0.4 is 10.9 Å². The van der Waals surface area contributed by atoms with Crippen LogP contribution in [0.1, 0.15) is 31.0 Å². The van der Waals surface area contributed by atoms with Gasteiger partial charge in [0.05, 0.1) is 12.0 Å². The third kappa shape index (κ3) is 4.69. The van der Waals surface area contributed by atoms with Crippen molar-refractivity contribution in [3.63, 3.8) is 0 Å². The number of nitrogens with zero attached hydrogens (tertiary/aromatic N) is 3. The molecule has 0 fully saturated rings. The predicted octanol–water partition coefficient (Wildman–Crippen LogP) is 3.99. The molecular formula is C23H21N5O3. The summed E-state index contributed by atoms with van der Waals surface area (Å²) in [6.07, 6.45) is 4.68. The van der Waals surface area contributed by atoms with Crippen molar-refractivity contribution in [2.24, 2.45) is 0 Å². The number of nitrogens with one attached hydrogen (secondary N) is 2. The molecule has 0 aliphatic carbocycles. The molecule has 4 rings (SSSR count). The molecule has 8 heteroatoms. The first-order valence-corrected chi connectivity index (χ1v) is 9.79. The molecule has 31 heavy (non-hydrogen) atoms. The van der Waals surface area contributed by atoms with E-state index in [9.17, 15) is 9.59 Å². The highest BCUT2D eigenvalue weighted by atomic mass is 16.3. The quantitative estimate of drug-likeness (QED) is 0.463. The van der Waals surface area contributed by atoms with Crippen molar-refractivity contribution < 1.29 is 9.21 Å². The van der Waals surface area contributed by atoms with Gasteiger partial charge in [0.15, 0.2) is 5.76 Å². The van der Waals surface area contributed by atoms with E-state index in [1.807, 2.05) is 44.2 Å². The maximum atomic E-state index is 12.6. The van der Waals surface area contributed by atoms with Crippen LogP contribution in [0.3, 0.4) is 0 Å². The van der Waals surface area contributed by atoms with Crippen LogP contribution in [-0.2, 0) is 4.79 Å². The fraction of sp³-hybridized carbons (Fsp3) is 0.130. The topological polar surface area (TPSA) is 106 Å². The highest BCUT2D eigenvalue weighted by molar-refractivity contribution is 6.01. The van der Waals surface area contributed by atoms with Crippen LogP contribution in [-0.4, -0.2) is 25.7 Å². The molecule has 0 radical (unpaired) electrons. The number of benzene rings is 1. The number of carbonyl (C=O) groups excluding carboxylic acids is 1. The number of rotatable bonds is 6. The van der Waals surface area contributed by atoms with Gasteiger partial charge in [0.1, 0.15) is 11.5 Å². The number of aromatic amines is 1. The zero-order valence-electron chi connectivity index (χ0n) is 17.1. The summed E-state index contributed by atoms with van der Waals surface area (Å²) in [4.78, 5) is 31.9. The van der Waals surface area contributed by atoms with Gasteiger partial charge in [-0.15, -0.1) is 0 Å². The standard InChI is InChI=1S/C23H21N5O3/c1-15(2)17-14-22(30)26-23(24-17)28-20(13-18(27-28)19-9-6-12-31-19)25-21(29)11-10-16-7-4-3-5-8-16/h3-15H,1-2H3,(H,25,29)(H,24,26,30)/b11-10-. The van der Waals surface area contributed by atoms with Crippen LogP contribution in [0.4, 0.5) is 5.82 Å². The smallest absolute Gasteiger partial charge is 0.252 e. The van der Waals surface area contributed by atoms with Gasteiger partial charge in [0.2, 0.25) is 11.9 Å². The largest absolute Gasteiger partial charge is 0.463 e. The first-order valence-electron chi connectivity index (χ1n) is 9.79. The van der Waals surface area contributed by atoms with Crippen molar-refractivity contribution in [1.82, 2.24) is 19.7 Å². The number of amides is 1. The maximum absolute atomic E-state index is 12.6. The Balaban J connectivity index is 1.71. The summed E-state index contributed by atoms with van der Waals surface area (Å²) in [6.45, 7) is 3.89. The molecular weight excluding hydrogens is 394 g/mol. The van der Waals surface area contributed by atoms with Gasteiger partial charge in [-0.3, -0.25) is 14.6 Å². The van der Waals surface area contributed by atoms with Crippen molar-refractivity contribution in [3.05, 3.63) is 88.5 Å². The molecule has 1 aromatic carbocycles. The van der Waals surface area contributed by atoms with E-state index >= 15 is 0 Å². The number of carbonyl (C=O) groups is 1. The SMILES string of the molecule is CC(C)c1cc(=O)[nH]c(-n2nc(-c3ccco3)cc2NC(=O)/C=C\c2ccccc2)n1. The van der Waals surface area contributed by atoms with Crippen LogP contribution >= 0.6 is 0 Å². The summed E-state index contributed by atoms with van der Waals surface area (Å²) in [5.41, 5.74) is 1.71. The highest BCUT2D eigenvalue weighted by Gasteiger charge is 2.17. The lowest BCUT2D eigenvalue weighted by Crippen LogP contribution is -2.18. The number of H-pyrrole nitrogens is 1. The van der Waals surface area contributed by atoms with Crippen LogP contribution in [0.2, 0.25) is 0 Å². The fourth-order valence-electron chi connectivity index (χ4n) is 2.94. The Hall–Kier alpha value is -4.20. The summed E-state index contributed by atoms with van der Waals surface area (Å²) in [7, 11) is 0. The minimum Gasteiger partial charge on any atom is -0.463 e. The van der Waals surface area contributed by atoms with Crippen LogP contribution in [0.5, 0.6) is 0 Å². The Morgan fingerprint density at radius 3 is 2.68 bits per heavy atom. The minimum atomic E-state index is -0.349. The molecule has 3 aromatic heterocycles. The van der Waals surface area contributed by atoms with E-state index in [1.54, 1.807) is 24.3 Å². The van der Waals surface area contributed by atoms with E-state index in [4.69, 9.17) is 4.42 Å². The lowest BCUT2D eigenvalue weighted by molar-refractivity contribution is -0.111. The fourth-order valence-corrected chi connectivity index (χ4v) is 2.94. The molecule has 0 saturated heterocycles. The van der Waals surface area contributed by atoms with Gasteiger partial charge < -0.3 is 9.73 Å². The third-order valence-corrected chi connectivity index (χ3v) is 4.50. The molecule has 0 aliphatic heterocycles. The average Bonchev–Trinajstić information content (AvgIpc) is 3.42. The molecule has 0 bridgehead atoms. The molecule has 0 aliphatic rings. The number of furan rings is 1. The summed E-state index contributed by atoms with van der Waals surface area (Å²) >= 11 is 0. The second kappa shape index (κ2) is 8.66. The van der Waals surface area contributed by atoms with Crippen molar-refractivity contribution in [3.8, 4) is 17.4 Å². The number of hydrogen-bond acceptors (Lipinski definition) is 5. The normalized spacial score (nSPS) is 11.3. The van der Waals surface area contributed by atoms with Gasteiger partial charge in [-0.2, -0.15) is 9.78 Å². The summed E-state index contributed by atoms with van der Waals surface area (Å²) in [6, 6.07) is 16.1. The first kappa shape index (κ1) is 20.1. The number of aromatic nitrogens is 4. The monoisotopic (exact) mass is 415 g/mol. The van der Waals surface area contributed by atoms with Crippen LogP contribution in [0, 0.1) is 0 Å². The zero-order valence-corrected chi connectivity index (χ0v) is 17.1. The molecule has 2 N–H and O–H groups in total. The summed E-state index contributed by atoms with van der Waals surface area (Å²) in [5, 5.41) is 7.29. The van der Waals surface area contributed by atoms with E-state index < -0.39 is 0 Å². The molecule has 0 spiro atoms. The van der Waals surface area contributed by atoms with E-state index in [0.717, 1.165) is 5.56 Å². The Morgan fingerprint density at radius 2 is 1.97 bits per heavy atom. The second-order valence-corrected chi connectivity index (χ2v) is 7.19. The highest BCUT2D eigenvalue weighted by Crippen LogP contribution is 2.24. The summed E-state index contributed by atoms with van der Waals surface area (Å²) < 4.78 is 6.81. The molecule has 0 unspecified atom stereocenters. The predicted molar refractivity (Wildman–Crippen MR) is 118 cm³/mol. The molecule has 0 atom stereocenters. The van der Waals surface area contributed by atoms with Gasteiger partial charge in [0, 0.05) is 18.2 Å². The van der Waals surface area contributed by atoms with Crippen molar-refractivity contribution in [2.45, 2.75) is 19.8 Å². The van der Waals surface area contributed by atoms with Crippen molar-refractivity contribution >= 4 is 17.8 Å². The maximum Gasteiger partial charge on any atom is 0.252 e. The Bertz CT molecular complexity index is 1270. The zero-order chi connectivity index (χ0) is 21.8. The molecule has 1 amide bonds. The van der Waals surface area contributed by atoms with Gasteiger partial charge in [0.25, 0.3) is 5.56 Å². The molecule has 4 aromatic rings. The van der Waals surface area contributed by atoms with E-state index in [-0.39, 0.29) is 23.3 Å². The molecule has 156 valence electrons. The van der Waals surface area contributed by atoms with Gasteiger partial charge >= 0.3 is 0 Å². The van der Waals surface area contributed by atoms with E-state index in [2.05, 4.69) is 20.4 Å². The van der Waals surface area contributed by atoms with Crippen LogP contribution in [0.15, 0.2) is 76.1 Å². The molecule has 3 heterocycles. The number of anilines is 1. The minimum absolute atomic E-state index is 0.0491. The van der Waals surface area contributed by atoms with Crippen molar-refractivity contribution in [2.75, 3.05) is 5.32 Å². The van der Waals surface area contributed by atoms with Gasteiger partial charge in [-0.1, -0.05) is 44.2 Å². The van der Waals surface area contributed by atoms with E-state index in [1.165, 1.54) is 23.1 Å². The number of hydrogen-bond donors (Lipinski definition) is 2. The second-order valence-electron chi connectivity index (χ2n) is 7.19. The Labute approximate surface area is 178 Å². The Morgan fingerprint density at radius 1 is 1.16 bits per heavy atom. The van der Waals surface area contributed by atoms with Crippen LogP contribution in [0.25, 0.3) is 23.5 Å². The van der Waals surface area contributed by atoms with Crippen molar-refractivity contribution in [1.29, 1.82) is 0 Å². The van der Waals surface area contributed by atoms with E-state index in [0.29, 0.717) is 23.0 Å². The van der Waals surface area contributed by atoms with Gasteiger partial charge in [-0.05, 0) is 29.7 Å². The average molecular weight is 415 g/mol. The third-order valence-electron chi connectivity index (χ3n) is 4.50. The first-order chi connectivity index (χ1) is 15.0. The molecule has 0 saturated carbocycles. The summed E-state index contributed by atoms with van der Waals surface area (Å²) in [5.74, 6) is 0.775. The Kier molecular flexibility index (Phi) is 5.61.